The van der Waals surface area contributed by atoms with Crippen molar-refractivity contribution >= 4 is 5.97 Å². The number of carboxylic acid groups (broad SMARTS) is 1. The number of aliphatic carboxylic acids is 1. The molecule has 0 amide bonds. The van der Waals surface area contributed by atoms with Crippen LogP contribution in [-0.4, -0.2) is 28.1 Å². The largest absolute Gasteiger partial charge is 0.480 e. The van der Waals surface area contributed by atoms with E-state index in [1.165, 1.54) is 11.3 Å². The fraction of sp³-hybridized carbons (Fsp3) is 0.429. The monoisotopic (exact) mass is 338 g/mol. The van der Waals surface area contributed by atoms with Crippen LogP contribution in [0.3, 0.4) is 0 Å². The first-order chi connectivity index (χ1) is 12.1. The van der Waals surface area contributed by atoms with Crippen LogP contribution in [0.4, 0.5) is 0 Å². The molecule has 2 unspecified atom stereocenters. The number of nitrogens with one attached hydrogen (secondary N) is 1. The molecule has 0 aliphatic heterocycles. The summed E-state index contributed by atoms with van der Waals surface area (Å²) in [4.78, 5) is 16.3. The van der Waals surface area contributed by atoms with E-state index in [4.69, 9.17) is 0 Å². The first-order valence-electron chi connectivity index (χ1n) is 9.08. The van der Waals surface area contributed by atoms with Crippen LogP contribution >= 0.6 is 0 Å². The molecule has 1 aliphatic carbocycles. The predicted octanol–water partition coefficient (Wildman–Crippen LogP) is 3.70. The van der Waals surface area contributed by atoms with Gasteiger partial charge in [-0.15, -0.1) is 0 Å². The third-order valence-electron chi connectivity index (χ3n) is 5.13. The summed E-state index contributed by atoms with van der Waals surface area (Å²) in [7, 11) is 0. The van der Waals surface area contributed by atoms with Crippen LogP contribution in [0.25, 0.3) is 0 Å². The van der Waals surface area contributed by atoms with E-state index in [9.17, 15) is 9.90 Å². The highest BCUT2D eigenvalue weighted by Crippen LogP contribution is 2.33. The van der Waals surface area contributed by atoms with Gasteiger partial charge in [-0.25, -0.2) is 0 Å². The van der Waals surface area contributed by atoms with Gasteiger partial charge in [0.05, 0.1) is 0 Å². The zero-order valence-electron chi connectivity index (χ0n) is 14.7. The van der Waals surface area contributed by atoms with E-state index in [1.54, 1.807) is 0 Å². The number of aromatic nitrogens is 1. The fourth-order valence-corrected chi connectivity index (χ4v) is 3.87. The second kappa shape index (κ2) is 8.26. The van der Waals surface area contributed by atoms with Crippen LogP contribution in [-0.2, 0) is 11.2 Å². The number of carbonyl (C=O) groups is 1. The minimum atomic E-state index is -0.778. The van der Waals surface area contributed by atoms with Crippen molar-refractivity contribution in [3.05, 3.63) is 65.5 Å². The lowest BCUT2D eigenvalue weighted by Gasteiger charge is -2.32. The Kier molecular flexibility index (Phi) is 5.82. The lowest BCUT2D eigenvalue weighted by Crippen LogP contribution is -2.46. The summed E-state index contributed by atoms with van der Waals surface area (Å²) in [6.07, 6.45) is 6.59. The molecule has 4 nitrogen and oxygen atoms in total. The van der Waals surface area contributed by atoms with E-state index in [0.29, 0.717) is 12.3 Å². The third kappa shape index (κ3) is 4.67. The molecule has 1 saturated carbocycles. The average molecular weight is 338 g/mol. The van der Waals surface area contributed by atoms with E-state index < -0.39 is 12.0 Å². The lowest BCUT2D eigenvalue weighted by molar-refractivity contribution is -0.139. The number of pyridine rings is 1. The molecule has 132 valence electrons. The number of hydrogen-bond acceptors (Lipinski definition) is 3. The summed E-state index contributed by atoms with van der Waals surface area (Å²) in [6, 6.07) is 13.6. The first-order valence-corrected chi connectivity index (χ1v) is 9.08. The highest BCUT2D eigenvalue weighted by molar-refractivity contribution is 5.74. The van der Waals surface area contributed by atoms with Crippen LogP contribution < -0.4 is 5.32 Å². The molecule has 2 aromatic rings. The van der Waals surface area contributed by atoms with Gasteiger partial charge in [-0.3, -0.25) is 9.78 Å². The van der Waals surface area contributed by atoms with Crippen molar-refractivity contribution in [2.45, 2.75) is 57.0 Å². The number of rotatable bonds is 6. The van der Waals surface area contributed by atoms with Crippen LogP contribution in [0.15, 0.2) is 48.7 Å². The summed E-state index contributed by atoms with van der Waals surface area (Å²) in [6.45, 7) is 2.11. The smallest absolute Gasteiger partial charge is 0.321 e. The number of benzene rings is 1. The molecule has 1 aliphatic rings. The Morgan fingerprint density at radius 1 is 1.24 bits per heavy atom. The molecule has 0 radical (unpaired) electrons. The number of hydrogen-bond donors (Lipinski definition) is 2. The second-order valence-electron chi connectivity index (χ2n) is 7.01. The molecule has 4 heteroatoms. The molecule has 0 spiro atoms. The zero-order valence-corrected chi connectivity index (χ0v) is 14.7. The van der Waals surface area contributed by atoms with Gasteiger partial charge >= 0.3 is 5.97 Å². The molecule has 3 rings (SSSR count). The summed E-state index contributed by atoms with van der Waals surface area (Å²) >= 11 is 0. The Morgan fingerprint density at radius 2 is 2.04 bits per heavy atom. The number of nitrogens with zero attached hydrogens (tertiary/aromatic N) is 1. The first kappa shape index (κ1) is 17.6. The standard InChI is InChI=1S/C21H26N2O2/c1-15-7-6-12-22-20(15)17-10-5-11-18(14-17)23-19(21(24)25)13-16-8-3-2-4-9-16/h2-4,6-9,12,17-19,23H,5,10-11,13-14H2,1H3,(H,24,25)/t17?,18?,19-/m0/s1. The molecular weight excluding hydrogens is 312 g/mol. The third-order valence-corrected chi connectivity index (χ3v) is 5.13. The van der Waals surface area contributed by atoms with Crippen LogP contribution in [0.1, 0.15) is 48.4 Å². The molecule has 1 fully saturated rings. The van der Waals surface area contributed by atoms with Gasteiger partial charge in [0.25, 0.3) is 0 Å². The second-order valence-corrected chi connectivity index (χ2v) is 7.01. The lowest BCUT2D eigenvalue weighted by atomic mass is 9.82. The van der Waals surface area contributed by atoms with E-state index in [-0.39, 0.29) is 6.04 Å². The summed E-state index contributed by atoms with van der Waals surface area (Å²) in [5.74, 6) is -0.362. The van der Waals surface area contributed by atoms with E-state index in [2.05, 4.69) is 23.3 Å². The minimum Gasteiger partial charge on any atom is -0.480 e. The van der Waals surface area contributed by atoms with E-state index in [1.807, 2.05) is 42.6 Å². The van der Waals surface area contributed by atoms with Crippen molar-refractivity contribution in [1.29, 1.82) is 0 Å². The van der Waals surface area contributed by atoms with Crippen LogP contribution in [0, 0.1) is 6.92 Å². The van der Waals surface area contributed by atoms with Crippen molar-refractivity contribution in [2.24, 2.45) is 0 Å². The zero-order chi connectivity index (χ0) is 17.6. The molecule has 1 aromatic heterocycles. The maximum atomic E-state index is 11.7. The van der Waals surface area contributed by atoms with Gasteiger partial charge in [-0.1, -0.05) is 42.8 Å². The molecule has 1 heterocycles. The van der Waals surface area contributed by atoms with Crippen molar-refractivity contribution in [3.63, 3.8) is 0 Å². The molecule has 0 saturated heterocycles. The maximum Gasteiger partial charge on any atom is 0.321 e. The molecular formula is C21H26N2O2. The van der Waals surface area contributed by atoms with Crippen molar-refractivity contribution < 1.29 is 9.90 Å². The van der Waals surface area contributed by atoms with Gasteiger partial charge < -0.3 is 10.4 Å². The quantitative estimate of drug-likeness (QED) is 0.843. The van der Waals surface area contributed by atoms with Crippen LogP contribution in [0.5, 0.6) is 0 Å². The molecule has 1 aromatic carbocycles. The van der Waals surface area contributed by atoms with Crippen LogP contribution in [0.2, 0.25) is 0 Å². The maximum absolute atomic E-state index is 11.7. The average Bonchev–Trinajstić information content (AvgIpc) is 2.62. The van der Waals surface area contributed by atoms with Gasteiger partial charge in [0.1, 0.15) is 6.04 Å². The Labute approximate surface area is 149 Å². The van der Waals surface area contributed by atoms with Crippen molar-refractivity contribution in [2.75, 3.05) is 0 Å². The van der Waals surface area contributed by atoms with Gasteiger partial charge in [0.15, 0.2) is 0 Å². The van der Waals surface area contributed by atoms with Gasteiger partial charge in [0, 0.05) is 23.9 Å². The topological polar surface area (TPSA) is 62.2 Å². The van der Waals surface area contributed by atoms with E-state index in [0.717, 1.165) is 31.2 Å². The fourth-order valence-electron chi connectivity index (χ4n) is 3.87. The normalized spacial score (nSPS) is 21.6. The Balaban J connectivity index is 1.66. The molecule has 25 heavy (non-hydrogen) atoms. The SMILES string of the molecule is Cc1cccnc1C1CCCC(N[C@@H](Cc2ccccc2)C(=O)O)C1. The summed E-state index contributed by atoms with van der Waals surface area (Å²) in [5.41, 5.74) is 3.45. The minimum absolute atomic E-state index is 0.227. The predicted molar refractivity (Wildman–Crippen MR) is 98.7 cm³/mol. The Hall–Kier alpha value is -2.20. The highest BCUT2D eigenvalue weighted by atomic mass is 16.4. The van der Waals surface area contributed by atoms with E-state index >= 15 is 0 Å². The van der Waals surface area contributed by atoms with Gasteiger partial charge in [0.2, 0.25) is 0 Å². The molecule has 2 N–H and O–H groups in total. The summed E-state index contributed by atoms with van der Waals surface area (Å²) < 4.78 is 0. The number of carboxylic acids is 1. The van der Waals surface area contributed by atoms with Gasteiger partial charge in [-0.2, -0.15) is 0 Å². The van der Waals surface area contributed by atoms with Crippen molar-refractivity contribution in [1.82, 2.24) is 10.3 Å². The number of aryl methyl sites for hydroxylation is 1. The van der Waals surface area contributed by atoms with Crippen molar-refractivity contribution in [3.8, 4) is 0 Å². The highest BCUT2D eigenvalue weighted by Gasteiger charge is 2.28. The van der Waals surface area contributed by atoms with Gasteiger partial charge in [-0.05, 0) is 49.8 Å². The summed E-state index contributed by atoms with van der Waals surface area (Å²) in [5, 5.41) is 13.0. The Morgan fingerprint density at radius 3 is 2.76 bits per heavy atom. The molecule has 0 bridgehead atoms. The molecule has 3 atom stereocenters. The Bertz CT molecular complexity index is 702.